The van der Waals surface area contributed by atoms with Gasteiger partial charge in [-0.1, -0.05) is 29.8 Å². The molecule has 0 saturated carbocycles. The number of nitrogens with zero attached hydrogens (tertiary/aromatic N) is 3. The largest absolute Gasteiger partial charge is 0.362 e. The fourth-order valence-corrected chi connectivity index (χ4v) is 2.69. The fraction of sp³-hybridized carbons (Fsp3) is 0.368. The van der Waals surface area contributed by atoms with Crippen LogP contribution >= 0.6 is 35.6 Å². The van der Waals surface area contributed by atoms with Crippen LogP contribution in [0.2, 0.25) is 5.02 Å². The van der Waals surface area contributed by atoms with Crippen LogP contribution in [0.1, 0.15) is 18.1 Å². The van der Waals surface area contributed by atoms with E-state index in [1.54, 1.807) is 6.20 Å². The normalized spacial score (nSPS) is 10.8. The lowest BCUT2D eigenvalue weighted by molar-refractivity contribution is 0.799. The van der Waals surface area contributed by atoms with E-state index < -0.39 is 0 Å². The molecule has 5 nitrogen and oxygen atoms in total. The summed E-state index contributed by atoms with van der Waals surface area (Å²) in [4.78, 5) is 11.1. The van der Waals surface area contributed by atoms with Gasteiger partial charge in [-0.2, -0.15) is 0 Å². The number of rotatable bonds is 7. The quantitative estimate of drug-likeness (QED) is 0.355. The molecule has 0 aliphatic heterocycles. The van der Waals surface area contributed by atoms with Crippen LogP contribution in [-0.4, -0.2) is 38.1 Å². The SMILES string of the molecule is CCNC(=NCc1cccnc1N(C)C)NCCc1cccc(Cl)c1.I. The average molecular weight is 488 g/mol. The maximum absolute atomic E-state index is 6.03. The van der Waals surface area contributed by atoms with Crippen LogP contribution in [0.25, 0.3) is 0 Å². The van der Waals surface area contributed by atoms with Crippen molar-refractivity contribution in [2.24, 2.45) is 4.99 Å². The van der Waals surface area contributed by atoms with E-state index in [1.807, 2.05) is 43.3 Å². The van der Waals surface area contributed by atoms with Gasteiger partial charge in [0.15, 0.2) is 5.96 Å². The van der Waals surface area contributed by atoms with Crippen LogP contribution in [0, 0.1) is 0 Å². The topological polar surface area (TPSA) is 52.6 Å². The molecular weight excluding hydrogens is 461 g/mol. The van der Waals surface area contributed by atoms with E-state index in [0.717, 1.165) is 41.9 Å². The highest BCUT2D eigenvalue weighted by molar-refractivity contribution is 14.0. The molecule has 7 heteroatoms. The monoisotopic (exact) mass is 487 g/mol. The van der Waals surface area contributed by atoms with Gasteiger partial charge in [0.05, 0.1) is 6.54 Å². The highest BCUT2D eigenvalue weighted by atomic mass is 127. The van der Waals surface area contributed by atoms with Gasteiger partial charge < -0.3 is 15.5 Å². The van der Waals surface area contributed by atoms with Crippen LogP contribution in [0.3, 0.4) is 0 Å². The molecule has 1 aromatic heterocycles. The van der Waals surface area contributed by atoms with Crippen molar-refractivity contribution < 1.29 is 0 Å². The summed E-state index contributed by atoms with van der Waals surface area (Å²) in [5.41, 5.74) is 2.30. The zero-order valence-corrected chi connectivity index (χ0v) is 18.6. The second-order valence-corrected chi connectivity index (χ2v) is 6.32. The van der Waals surface area contributed by atoms with E-state index in [9.17, 15) is 0 Å². The van der Waals surface area contributed by atoms with Crippen molar-refractivity contribution in [3.8, 4) is 0 Å². The number of benzene rings is 1. The van der Waals surface area contributed by atoms with Crippen LogP contribution in [0.4, 0.5) is 5.82 Å². The molecule has 26 heavy (non-hydrogen) atoms. The molecule has 2 rings (SSSR count). The van der Waals surface area contributed by atoms with Gasteiger partial charge >= 0.3 is 0 Å². The number of hydrogen-bond donors (Lipinski definition) is 2. The van der Waals surface area contributed by atoms with Crippen molar-refractivity contribution in [2.45, 2.75) is 19.9 Å². The van der Waals surface area contributed by atoms with Crippen LogP contribution in [-0.2, 0) is 13.0 Å². The first-order valence-corrected chi connectivity index (χ1v) is 8.85. The lowest BCUT2D eigenvalue weighted by atomic mass is 10.1. The molecule has 2 aromatic rings. The number of aliphatic imine (C=N–C) groups is 1. The number of nitrogens with one attached hydrogen (secondary N) is 2. The number of guanidine groups is 1. The van der Waals surface area contributed by atoms with Crippen molar-refractivity contribution in [1.29, 1.82) is 0 Å². The predicted octanol–water partition coefficient (Wildman–Crippen LogP) is 3.72. The lowest BCUT2D eigenvalue weighted by Crippen LogP contribution is -2.38. The van der Waals surface area contributed by atoms with E-state index >= 15 is 0 Å². The average Bonchev–Trinajstić information content (AvgIpc) is 2.60. The first kappa shape index (κ1) is 22.5. The molecule has 0 unspecified atom stereocenters. The van der Waals surface area contributed by atoms with Gasteiger partial charge in [-0.3, -0.25) is 0 Å². The summed E-state index contributed by atoms with van der Waals surface area (Å²) in [7, 11) is 3.98. The molecule has 0 atom stereocenters. The smallest absolute Gasteiger partial charge is 0.191 e. The number of pyridine rings is 1. The van der Waals surface area contributed by atoms with Crippen molar-refractivity contribution in [2.75, 3.05) is 32.1 Å². The van der Waals surface area contributed by atoms with E-state index in [-0.39, 0.29) is 24.0 Å². The summed E-state index contributed by atoms with van der Waals surface area (Å²) >= 11 is 6.03. The number of halogens is 2. The van der Waals surface area contributed by atoms with E-state index in [4.69, 9.17) is 11.6 Å². The molecule has 2 N–H and O–H groups in total. The summed E-state index contributed by atoms with van der Waals surface area (Å²) in [6.45, 7) is 4.24. The molecule has 1 aromatic carbocycles. The minimum atomic E-state index is 0. The van der Waals surface area contributed by atoms with Crippen molar-refractivity contribution in [3.63, 3.8) is 0 Å². The molecule has 0 spiro atoms. The third-order valence-electron chi connectivity index (χ3n) is 3.64. The van der Waals surface area contributed by atoms with Gasteiger partial charge in [0.1, 0.15) is 5.82 Å². The Morgan fingerprint density at radius 3 is 2.69 bits per heavy atom. The van der Waals surface area contributed by atoms with Gasteiger partial charge in [0.25, 0.3) is 0 Å². The zero-order valence-electron chi connectivity index (χ0n) is 15.5. The lowest BCUT2D eigenvalue weighted by Gasteiger charge is -2.15. The van der Waals surface area contributed by atoms with Gasteiger partial charge in [-0.15, -0.1) is 24.0 Å². The van der Waals surface area contributed by atoms with Crippen molar-refractivity contribution in [1.82, 2.24) is 15.6 Å². The van der Waals surface area contributed by atoms with Gasteiger partial charge in [-0.25, -0.2) is 9.98 Å². The van der Waals surface area contributed by atoms with Crippen LogP contribution < -0.4 is 15.5 Å². The summed E-state index contributed by atoms with van der Waals surface area (Å²) in [5.74, 6) is 1.75. The Hall–Kier alpha value is -1.54. The molecule has 142 valence electrons. The third-order valence-corrected chi connectivity index (χ3v) is 3.87. The Morgan fingerprint density at radius 1 is 1.19 bits per heavy atom. The predicted molar refractivity (Wildman–Crippen MR) is 122 cm³/mol. The molecule has 0 fully saturated rings. The summed E-state index contributed by atoms with van der Waals surface area (Å²) in [6.07, 6.45) is 2.69. The summed E-state index contributed by atoms with van der Waals surface area (Å²) in [5, 5.41) is 7.42. The van der Waals surface area contributed by atoms with Crippen molar-refractivity contribution >= 4 is 47.4 Å². The first-order chi connectivity index (χ1) is 12.1. The number of anilines is 1. The van der Waals surface area contributed by atoms with E-state index in [1.165, 1.54) is 5.56 Å². The molecule has 0 aliphatic rings. The second-order valence-electron chi connectivity index (χ2n) is 5.88. The molecule has 0 radical (unpaired) electrons. The van der Waals surface area contributed by atoms with Gasteiger partial charge in [0, 0.05) is 44.0 Å². The third kappa shape index (κ3) is 7.37. The maximum Gasteiger partial charge on any atom is 0.191 e. The molecule has 0 saturated heterocycles. The highest BCUT2D eigenvalue weighted by Gasteiger charge is 2.05. The van der Waals surface area contributed by atoms with Crippen molar-refractivity contribution in [3.05, 3.63) is 58.7 Å². The van der Waals surface area contributed by atoms with Gasteiger partial charge in [0.2, 0.25) is 0 Å². The number of aromatic nitrogens is 1. The Kier molecular flexibility index (Phi) is 10.3. The molecule has 0 bridgehead atoms. The molecular formula is C19H27ClIN5. The highest BCUT2D eigenvalue weighted by Crippen LogP contribution is 2.15. The first-order valence-electron chi connectivity index (χ1n) is 8.48. The fourth-order valence-electron chi connectivity index (χ4n) is 2.48. The van der Waals surface area contributed by atoms with E-state index in [2.05, 4.69) is 39.7 Å². The summed E-state index contributed by atoms with van der Waals surface area (Å²) in [6, 6.07) is 11.9. The number of hydrogen-bond acceptors (Lipinski definition) is 3. The molecule has 0 aliphatic carbocycles. The van der Waals surface area contributed by atoms with E-state index in [0.29, 0.717) is 6.54 Å². The Morgan fingerprint density at radius 2 is 2.00 bits per heavy atom. The minimum absolute atomic E-state index is 0. The second kappa shape index (κ2) is 12.0. The van der Waals surface area contributed by atoms with Gasteiger partial charge in [-0.05, 0) is 37.1 Å². The zero-order chi connectivity index (χ0) is 18.1. The summed E-state index contributed by atoms with van der Waals surface area (Å²) < 4.78 is 0. The molecule has 0 amide bonds. The standard InChI is InChI=1S/C19H26ClN5.HI/c1-4-21-19(23-12-10-15-7-5-9-17(20)13-15)24-14-16-8-6-11-22-18(16)25(2)3;/h5-9,11,13H,4,10,12,14H2,1-3H3,(H2,21,23,24);1H. The maximum atomic E-state index is 6.03. The Bertz CT molecular complexity index is 706. The van der Waals surface area contributed by atoms with Crippen LogP contribution in [0.15, 0.2) is 47.6 Å². The molecule has 1 heterocycles. The Balaban J connectivity index is 0.00000338. The minimum Gasteiger partial charge on any atom is -0.362 e. The van der Waals surface area contributed by atoms with Crippen LogP contribution in [0.5, 0.6) is 0 Å². The Labute approximate surface area is 178 Å².